The Morgan fingerprint density at radius 1 is 0.833 bits per heavy atom. The summed E-state index contributed by atoms with van der Waals surface area (Å²) in [5, 5.41) is 3.79. The summed E-state index contributed by atoms with van der Waals surface area (Å²) < 4.78 is 0. The van der Waals surface area contributed by atoms with Crippen molar-refractivity contribution in [3.05, 3.63) is 106 Å². The minimum absolute atomic E-state index is 0.190. The molecule has 3 aromatic carbocycles. The van der Waals surface area contributed by atoms with Crippen molar-refractivity contribution in [1.29, 1.82) is 0 Å². The maximum Gasteiger partial charge on any atom is 0.152 e. The molecule has 3 rings (SSSR count). The molecule has 156 valence electrons. The van der Waals surface area contributed by atoms with Crippen LogP contribution in [0.4, 0.5) is 0 Å². The first kappa shape index (κ1) is 22.3. The highest BCUT2D eigenvalue weighted by molar-refractivity contribution is 6.32. The van der Waals surface area contributed by atoms with Crippen LogP contribution in [0.3, 0.4) is 0 Å². The fourth-order valence-corrected chi connectivity index (χ4v) is 4.44. The van der Waals surface area contributed by atoms with Gasteiger partial charge in [0.25, 0.3) is 0 Å². The number of ketones is 1. The zero-order valence-electron chi connectivity index (χ0n) is 17.8. The number of carbonyl (C=O) groups excluding carboxylic acids is 1. The summed E-state index contributed by atoms with van der Waals surface area (Å²) in [7, 11) is 1.96. The van der Waals surface area contributed by atoms with Gasteiger partial charge in [-0.05, 0) is 56.1 Å². The van der Waals surface area contributed by atoms with Crippen LogP contribution in [0.25, 0.3) is 0 Å². The highest BCUT2D eigenvalue weighted by Crippen LogP contribution is 2.44. The summed E-state index contributed by atoms with van der Waals surface area (Å²) in [6.45, 7) is 3.04. The average Bonchev–Trinajstić information content (AvgIpc) is 2.77. The molecule has 0 radical (unpaired) electrons. The quantitative estimate of drug-likeness (QED) is 0.307. The third kappa shape index (κ3) is 4.66. The van der Waals surface area contributed by atoms with Gasteiger partial charge in [-0.2, -0.15) is 0 Å². The minimum atomic E-state index is -0.920. The van der Waals surface area contributed by atoms with Gasteiger partial charge in [-0.1, -0.05) is 96.4 Å². The van der Waals surface area contributed by atoms with Crippen LogP contribution in [0.5, 0.6) is 0 Å². The molecule has 0 heterocycles. The molecule has 0 saturated carbocycles. The fourth-order valence-electron chi connectivity index (χ4n) is 4.16. The van der Waals surface area contributed by atoms with Gasteiger partial charge in [0.2, 0.25) is 0 Å². The lowest BCUT2D eigenvalue weighted by Gasteiger charge is -2.35. The van der Waals surface area contributed by atoms with Crippen LogP contribution in [0.2, 0.25) is 5.02 Å². The molecule has 1 N–H and O–H groups in total. The second-order valence-electron chi connectivity index (χ2n) is 7.80. The van der Waals surface area contributed by atoms with Crippen molar-refractivity contribution >= 4 is 17.4 Å². The minimum Gasteiger partial charge on any atom is -0.320 e. The summed E-state index contributed by atoms with van der Waals surface area (Å²) in [6.07, 6.45) is 3.47. The SMILES string of the molecule is CNCCCCCC(=O)C(c1ccccc1)(c1ccc(C)cc1)c1ccccc1Cl. The Balaban J connectivity index is 2.16. The third-order valence-electron chi connectivity index (χ3n) is 5.72. The number of nitrogens with one attached hydrogen (secondary N) is 1. The van der Waals surface area contributed by atoms with E-state index in [1.807, 2.05) is 61.6 Å². The number of hydrogen-bond donors (Lipinski definition) is 1. The van der Waals surface area contributed by atoms with Gasteiger partial charge in [-0.3, -0.25) is 4.79 Å². The molecule has 0 fully saturated rings. The lowest BCUT2D eigenvalue weighted by Crippen LogP contribution is -2.39. The van der Waals surface area contributed by atoms with E-state index in [4.69, 9.17) is 11.6 Å². The molecule has 0 saturated heterocycles. The zero-order chi connectivity index (χ0) is 21.4. The van der Waals surface area contributed by atoms with E-state index in [-0.39, 0.29) is 5.78 Å². The van der Waals surface area contributed by atoms with Gasteiger partial charge >= 0.3 is 0 Å². The van der Waals surface area contributed by atoms with Crippen molar-refractivity contribution in [2.75, 3.05) is 13.6 Å². The molecule has 0 aromatic heterocycles. The molecular formula is C27H30ClNO. The number of hydrogen-bond acceptors (Lipinski definition) is 2. The predicted octanol–water partition coefficient (Wildman–Crippen LogP) is 6.33. The topological polar surface area (TPSA) is 29.1 Å². The number of aryl methyl sites for hydroxylation is 1. The zero-order valence-corrected chi connectivity index (χ0v) is 18.6. The van der Waals surface area contributed by atoms with Crippen LogP contribution < -0.4 is 5.32 Å². The van der Waals surface area contributed by atoms with Gasteiger partial charge in [-0.25, -0.2) is 0 Å². The van der Waals surface area contributed by atoms with Gasteiger partial charge < -0.3 is 5.32 Å². The Morgan fingerprint density at radius 2 is 1.47 bits per heavy atom. The molecule has 0 amide bonds. The van der Waals surface area contributed by atoms with Crippen LogP contribution in [-0.2, 0) is 10.2 Å². The van der Waals surface area contributed by atoms with Crippen LogP contribution in [0.15, 0.2) is 78.9 Å². The Bertz CT molecular complexity index is 952. The molecule has 0 aliphatic rings. The first-order valence-corrected chi connectivity index (χ1v) is 11.0. The second-order valence-corrected chi connectivity index (χ2v) is 8.21. The van der Waals surface area contributed by atoms with Crippen LogP contribution in [0, 0.1) is 6.92 Å². The molecule has 1 unspecified atom stereocenters. The summed E-state index contributed by atoms with van der Waals surface area (Å²) >= 11 is 6.73. The Kier molecular flexibility index (Phi) is 7.84. The Hall–Kier alpha value is -2.42. The van der Waals surface area contributed by atoms with E-state index in [0.29, 0.717) is 11.4 Å². The van der Waals surface area contributed by atoms with E-state index in [1.165, 1.54) is 5.56 Å². The number of halogens is 1. The van der Waals surface area contributed by atoms with Gasteiger partial charge in [0.15, 0.2) is 5.78 Å². The largest absolute Gasteiger partial charge is 0.320 e. The third-order valence-corrected chi connectivity index (χ3v) is 6.05. The Morgan fingerprint density at radius 3 is 2.13 bits per heavy atom. The normalized spacial score (nSPS) is 13.0. The molecule has 0 aliphatic heterocycles. The molecule has 3 aromatic rings. The van der Waals surface area contributed by atoms with Gasteiger partial charge in [0.1, 0.15) is 5.41 Å². The van der Waals surface area contributed by atoms with Crippen molar-refractivity contribution in [1.82, 2.24) is 5.32 Å². The van der Waals surface area contributed by atoms with Crippen molar-refractivity contribution < 1.29 is 4.79 Å². The molecular weight excluding hydrogens is 390 g/mol. The lowest BCUT2D eigenvalue weighted by atomic mass is 9.65. The monoisotopic (exact) mass is 419 g/mol. The van der Waals surface area contributed by atoms with E-state index >= 15 is 0 Å². The number of rotatable bonds is 10. The molecule has 0 bridgehead atoms. The van der Waals surface area contributed by atoms with Crippen molar-refractivity contribution in [2.45, 2.75) is 38.0 Å². The molecule has 1 atom stereocenters. The molecule has 3 heteroatoms. The van der Waals surface area contributed by atoms with E-state index in [2.05, 4.69) is 36.5 Å². The van der Waals surface area contributed by atoms with E-state index < -0.39 is 5.41 Å². The number of benzene rings is 3. The molecule has 2 nitrogen and oxygen atoms in total. The average molecular weight is 420 g/mol. The van der Waals surface area contributed by atoms with Crippen molar-refractivity contribution in [3.8, 4) is 0 Å². The van der Waals surface area contributed by atoms with Crippen LogP contribution in [-0.4, -0.2) is 19.4 Å². The molecule has 0 aliphatic carbocycles. The highest BCUT2D eigenvalue weighted by atomic mass is 35.5. The lowest BCUT2D eigenvalue weighted by molar-refractivity contribution is -0.122. The fraction of sp³-hybridized carbons (Fsp3) is 0.296. The molecule has 0 spiro atoms. The summed E-state index contributed by atoms with van der Waals surface area (Å²) in [6, 6.07) is 26.1. The summed E-state index contributed by atoms with van der Waals surface area (Å²) in [5.74, 6) is 0.190. The van der Waals surface area contributed by atoms with Crippen molar-refractivity contribution in [3.63, 3.8) is 0 Å². The van der Waals surface area contributed by atoms with E-state index in [9.17, 15) is 4.79 Å². The molecule has 30 heavy (non-hydrogen) atoms. The van der Waals surface area contributed by atoms with E-state index in [1.54, 1.807) is 0 Å². The second kappa shape index (κ2) is 10.6. The first-order valence-electron chi connectivity index (χ1n) is 10.7. The maximum absolute atomic E-state index is 14.1. The van der Waals surface area contributed by atoms with Crippen LogP contribution in [0.1, 0.15) is 47.9 Å². The van der Waals surface area contributed by atoms with Gasteiger partial charge in [0, 0.05) is 11.4 Å². The van der Waals surface area contributed by atoms with Gasteiger partial charge in [-0.15, -0.1) is 0 Å². The maximum atomic E-state index is 14.1. The number of carbonyl (C=O) groups is 1. The standard InChI is InChI=1S/C27H30ClNO/c1-21-16-18-23(19-17-21)27(22-11-5-3-6-12-22,24-13-8-9-14-25(24)28)26(30)15-7-4-10-20-29-2/h3,5-6,8-9,11-14,16-19,29H,4,7,10,15,20H2,1-2H3. The van der Waals surface area contributed by atoms with Gasteiger partial charge in [0.05, 0.1) is 0 Å². The highest BCUT2D eigenvalue weighted by Gasteiger charge is 2.44. The summed E-state index contributed by atoms with van der Waals surface area (Å²) in [4.78, 5) is 14.1. The summed E-state index contributed by atoms with van der Waals surface area (Å²) in [5.41, 5.74) is 3.02. The number of Topliss-reactive ketones (excluding diaryl/α,β-unsaturated/α-hetero) is 1. The van der Waals surface area contributed by atoms with Crippen molar-refractivity contribution in [2.24, 2.45) is 0 Å². The first-order chi connectivity index (χ1) is 14.6. The van der Waals surface area contributed by atoms with E-state index in [0.717, 1.165) is 42.5 Å². The predicted molar refractivity (Wildman–Crippen MR) is 126 cm³/mol. The number of unbranched alkanes of at least 4 members (excludes halogenated alkanes) is 2. The Labute approximate surface area is 185 Å². The smallest absolute Gasteiger partial charge is 0.152 e. The van der Waals surface area contributed by atoms with Crippen LogP contribution >= 0.6 is 11.6 Å².